The number of pyridine rings is 1. The van der Waals surface area contributed by atoms with Gasteiger partial charge in [0.2, 0.25) is 5.88 Å². The standard InChI is InChI=1S/C14H14N4O3/c1-8-5-9(6-16-11(8)14(19)20-2)12-17-7-10-13(18-12)21-4-3-15-10/h5-7,15H,3-4H2,1-2H3. The molecule has 3 heterocycles. The minimum Gasteiger partial charge on any atom is -0.474 e. The second-order valence-electron chi connectivity index (χ2n) is 4.57. The number of aromatic nitrogens is 3. The maximum absolute atomic E-state index is 11.5. The van der Waals surface area contributed by atoms with Crippen LogP contribution in [0, 0.1) is 6.92 Å². The SMILES string of the molecule is COC(=O)c1ncc(-c2ncc3c(n2)OCCN3)cc1C. The number of rotatable bonds is 2. The Hall–Kier alpha value is -2.70. The molecule has 0 saturated heterocycles. The van der Waals surface area contributed by atoms with Gasteiger partial charge in [-0.1, -0.05) is 0 Å². The van der Waals surface area contributed by atoms with Crippen LogP contribution in [0.5, 0.6) is 5.88 Å². The number of nitrogens with one attached hydrogen (secondary N) is 1. The van der Waals surface area contributed by atoms with Crippen LogP contribution in [0.1, 0.15) is 16.1 Å². The lowest BCUT2D eigenvalue weighted by Crippen LogP contribution is -2.19. The normalized spacial score (nSPS) is 12.9. The fraction of sp³-hybridized carbons (Fsp3) is 0.286. The molecule has 0 aromatic carbocycles. The monoisotopic (exact) mass is 286 g/mol. The number of fused-ring (bicyclic) bond motifs is 1. The molecule has 2 aromatic rings. The molecule has 2 aromatic heterocycles. The predicted molar refractivity (Wildman–Crippen MR) is 75.3 cm³/mol. The molecule has 0 bridgehead atoms. The molecule has 0 aliphatic carbocycles. The van der Waals surface area contributed by atoms with Crippen molar-refractivity contribution in [1.29, 1.82) is 0 Å². The highest BCUT2D eigenvalue weighted by atomic mass is 16.5. The summed E-state index contributed by atoms with van der Waals surface area (Å²) in [5, 5.41) is 3.16. The summed E-state index contributed by atoms with van der Waals surface area (Å²) in [5.74, 6) is 0.573. The summed E-state index contributed by atoms with van der Waals surface area (Å²) in [5.41, 5.74) is 2.50. The van der Waals surface area contributed by atoms with Gasteiger partial charge in [-0.15, -0.1) is 0 Å². The largest absolute Gasteiger partial charge is 0.474 e. The Morgan fingerprint density at radius 2 is 2.24 bits per heavy atom. The molecule has 108 valence electrons. The number of methoxy groups -OCH3 is 1. The average Bonchev–Trinajstić information content (AvgIpc) is 2.53. The fourth-order valence-electron chi connectivity index (χ4n) is 2.08. The van der Waals surface area contributed by atoms with E-state index in [1.807, 2.05) is 0 Å². The van der Waals surface area contributed by atoms with Gasteiger partial charge in [-0.2, -0.15) is 4.98 Å². The van der Waals surface area contributed by atoms with Crippen LogP contribution in [0.2, 0.25) is 0 Å². The molecule has 1 aliphatic heterocycles. The molecule has 1 N–H and O–H groups in total. The zero-order valence-electron chi connectivity index (χ0n) is 11.7. The number of anilines is 1. The molecule has 0 atom stereocenters. The maximum Gasteiger partial charge on any atom is 0.356 e. The minimum atomic E-state index is -0.460. The van der Waals surface area contributed by atoms with E-state index in [0.29, 0.717) is 23.9 Å². The Labute approximate surface area is 121 Å². The van der Waals surface area contributed by atoms with Crippen LogP contribution in [0.15, 0.2) is 18.5 Å². The van der Waals surface area contributed by atoms with Crippen LogP contribution in [0.3, 0.4) is 0 Å². The Balaban J connectivity index is 1.97. The Bertz CT molecular complexity index is 703. The van der Waals surface area contributed by atoms with E-state index in [-0.39, 0.29) is 5.69 Å². The van der Waals surface area contributed by atoms with E-state index in [1.54, 1.807) is 25.4 Å². The summed E-state index contributed by atoms with van der Waals surface area (Å²) in [6.07, 6.45) is 3.23. The molecule has 7 nitrogen and oxygen atoms in total. The van der Waals surface area contributed by atoms with Gasteiger partial charge in [0.25, 0.3) is 0 Å². The van der Waals surface area contributed by atoms with E-state index >= 15 is 0 Å². The topological polar surface area (TPSA) is 86.2 Å². The van der Waals surface area contributed by atoms with Crippen molar-refractivity contribution in [3.05, 3.63) is 29.7 Å². The molecule has 0 unspecified atom stereocenters. The van der Waals surface area contributed by atoms with Crippen molar-refractivity contribution in [1.82, 2.24) is 15.0 Å². The van der Waals surface area contributed by atoms with Gasteiger partial charge in [0.1, 0.15) is 12.3 Å². The zero-order valence-corrected chi connectivity index (χ0v) is 11.7. The van der Waals surface area contributed by atoms with Crippen LogP contribution < -0.4 is 10.1 Å². The third kappa shape index (κ3) is 2.49. The van der Waals surface area contributed by atoms with Gasteiger partial charge in [0, 0.05) is 18.3 Å². The van der Waals surface area contributed by atoms with Crippen LogP contribution in [-0.4, -0.2) is 41.2 Å². The first-order valence-corrected chi connectivity index (χ1v) is 6.48. The van der Waals surface area contributed by atoms with E-state index in [2.05, 4.69) is 25.0 Å². The first-order valence-electron chi connectivity index (χ1n) is 6.48. The molecule has 0 radical (unpaired) electrons. The number of carbonyl (C=O) groups is 1. The smallest absolute Gasteiger partial charge is 0.356 e. The number of hydrogen-bond donors (Lipinski definition) is 1. The lowest BCUT2D eigenvalue weighted by molar-refractivity contribution is 0.0593. The van der Waals surface area contributed by atoms with Gasteiger partial charge in [-0.25, -0.2) is 14.8 Å². The number of nitrogens with zero attached hydrogens (tertiary/aromatic N) is 3. The highest BCUT2D eigenvalue weighted by molar-refractivity contribution is 5.89. The van der Waals surface area contributed by atoms with Crippen molar-refractivity contribution in [2.45, 2.75) is 6.92 Å². The number of ether oxygens (including phenoxy) is 2. The van der Waals surface area contributed by atoms with E-state index in [0.717, 1.165) is 17.8 Å². The van der Waals surface area contributed by atoms with Gasteiger partial charge >= 0.3 is 5.97 Å². The van der Waals surface area contributed by atoms with Crippen molar-refractivity contribution in [2.24, 2.45) is 0 Å². The fourth-order valence-corrected chi connectivity index (χ4v) is 2.08. The molecule has 0 spiro atoms. The van der Waals surface area contributed by atoms with E-state index in [4.69, 9.17) is 4.74 Å². The van der Waals surface area contributed by atoms with Crippen molar-refractivity contribution < 1.29 is 14.3 Å². The number of hydrogen-bond acceptors (Lipinski definition) is 7. The molecule has 0 amide bonds. The Morgan fingerprint density at radius 3 is 3.00 bits per heavy atom. The lowest BCUT2D eigenvalue weighted by Gasteiger charge is -2.17. The van der Waals surface area contributed by atoms with Crippen LogP contribution >= 0.6 is 0 Å². The summed E-state index contributed by atoms with van der Waals surface area (Å²) < 4.78 is 10.2. The highest BCUT2D eigenvalue weighted by Gasteiger charge is 2.16. The number of aryl methyl sites for hydroxylation is 1. The van der Waals surface area contributed by atoms with Gasteiger partial charge in [-0.3, -0.25) is 0 Å². The molecular formula is C14H14N4O3. The minimum absolute atomic E-state index is 0.289. The Morgan fingerprint density at radius 1 is 1.38 bits per heavy atom. The van der Waals surface area contributed by atoms with Crippen molar-refractivity contribution in [2.75, 3.05) is 25.6 Å². The zero-order chi connectivity index (χ0) is 14.8. The summed E-state index contributed by atoms with van der Waals surface area (Å²) in [6, 6.07) is 1.80. The average molecular weight is 286 g/mol. The third-order valence-electron chi connectivity index (χ3n) is 3.13. The second-order valence-corrected chi connectivity index (χ2v) is 4.57. The van der Waals surface area contributed by atoms with Crippen LogP contribution in [-0.2, 0) is 4.74 Å². The summed E-state index contributed by atoms with van der Waals surface area (Å²) >= 11 is 0. The van der Waals surface area contributed by atoms with E-state index in [9.17, 15) is 4.79 Å². The van der Waals surface area contributed by atoms with Gasteiger partial charge in [0.15, 0.2) is 11.5 Å². The highest BCUT2D eigenvalue weighted by Crippen LogP contribution is 2.27. The van der Waals surface area contributed by atoms with Gasteiger partial charge in [0.05, 0.1) is 13.3 Å². The van der Waals surface area contributed by atoms with Crippen LogP contribution in [0.4, 0.5) is 5.69 Å². The summed E-state index contributed by atoms with van der Waals surface area (Å²) in [6.45, 7) is 3.10. The third-order valence-corrected chi connectivity index (χ3v) is 3.13. The molecule has 21 heavy (non-hydrogen) atoms. The first kappa shape index (κ1) is 13.3. The van der Waals surface area contributed by atoms with E-state index in [1.165, 1.54) is 7.11 Å². The molecule has 3 rings (SSSR count). The first-order chi connectivity index (χ1) is 10.2. The second kappa shape index (κ2) is 5.35. The lowest BCUT2D eigenvalue weighted by atomic mass is 10.1. The quantitative estimate of drug-likeness (QED) is 0.836. The summed E-state index contributed by atoms with van der Waals surface area (Å²) in [4.78, 5) is 24.3. The molecule has 1 aliphatic rings. The molecular weight excluding hydrogens is 272 g/mol. The predicted octanol–water partition coefficient (Wildman–Crippen LogP) is 1.44. The summed E-state index contributed by atoms with van der Waals surface area (Å²) in [7, 11) is 1.33. The number of esters is 1. The molecule has 0 saturated carbocycles. The number of carbonyl (C=O) groups excluding carboxylic acids is 1. The molecule has 7 heteroatoms. The van der Waals surface area contributed by atoms with Crippen molar-refractivity contribution >= 4 is 11.7 Å². The van der Waals surface area contributed by atoms with E-state index < -0.39 is 5.97 Å². The van der Waals surface area contributed by atoms with Crippen LogP contribution in [0.25, 0.3) is 11.4 Å². The van der Waals surface area contributed by atoms with Crippen molar-refractivity contribution in [3.8, 4) is 17.3 Å². The van der Waals surface area contributed by atoms with Gasteiger partial charge < -0.3 is 14.8 Å². The van der Waals surface area contributed by atoms with Crippen molar-refractivity contribution in [3.63, 3.8) is 0 Å². The van der Waals surface area contributed by atoms with Gasteiger partial charge in [-0.05, 0) is 18.6 Å². The Kier molecular flexibility index (Phi) is 3.39. The maximum atomic E-state index is 11.5. The molecule has 0 fully saturated rings.